The van der Waals surface area contributed by atoms with Crippen molar-refractivity contribution in [1.29, 1.82) is 0 Å². The van der Waals surface area contributed by atoms with E-state index in [0.29, 0.717) is 0 Å². The van der Waals surface area contributed by atoms with E-state index in [1.165, 1.54) is 0 Å². The van der Waals surface area contributed by atoms with Crippen LogP contribution in [0.25, 0.3) is 22.3 Å². The first kappa shape index (κ1) is 16.1. The highest BCUT2D eigenvalue weighted by Crippen LogP contribution is 2.36. The fourth-order valence-electron chi connectivity index (χ4n) is 2.84. The van der Waals surface area contributed by atoms with Crippen LogP contribution in [0.1, 0.15) is 5.56 Å². The highest BCUT2D eigenvalue weighted by molar-refractivity contribution is 5.86. The summed E-state index contributed by atoms with van der Waals surface area (Å²) in [6.45, 7) is -0.00857. The van der Waals surface area contributed by atoms with Gasteiger partial charge in [-0.15, -0.1) is 0 Å². The molecule has 0 aliphatic carbocycles. The van der Waals surface area contributed by atoms with Gasteiger partial charge in [0.1, 0.15) is 11.5 Å². The van der Waals surface area contributed by atoms with E-state index in [2.05, 4.69) is 6.07 Å². The van der Waals surface area contributed by atoms with Gasteiger partial charge in [-0.2, -0.15) is 0 Å². The zero-order valence-corrected chi connectivity index (χ0v) is 13.8. The number of rotatable bonds is 5. The summed E-state index contributed by atoms with van der Waals surface area (Å²) in [4.78, 5) is 0. The topological polar surface area (TPSA) is 38.7 Å². The van der Waals surface area contributed by atoms with E-state index < -0.39 is 0 Å². The molecule has 3 rings (SSSR count). The molecule has 0 radical (unpaired) electrons. The number of hydrogen-bond donors (Lipinski definition) is 1. The average Bonchev–Trinajstić information content (AvgIpc) is 2.67. The lowest BCUT2D eigenvalue weighted by molar-refractivity contribution is 0.282. The van der Waals surface area contributed by atoms with Crippen LogP contribution < -0.4 is 9.47 Å². The molecule has 0 aromatic heterocycles. The van der Waals surface area contributed by atoms with Gasteiger partial charge in [-0.1, -0.05) is 42.5 Å². The molecule has 0 fully saturated rings. The van der Waals surface area contributed by atoms with Crippen molar-refractivity contribution in [3.63, 3.8) is 0 Å². The van der Waals surface area contributed by atoms with Gasteiger partial charge >= 0.3 is 0 Å². The molecule has 0 saturated heterocycles. The van der Waals surface area contributed by atoms with Gasteiger partial charge < -0.3 is 14.6 Å². The standard InChI is InChI=1S/C21H20O3/c1-23-18-10-6-15(7-11-18)20-5-3-4-17(14-22)21(20)16-8-12-19(24-2)13-9-16/h3-13,22H,14H2,1-2H3. The monoisotopic (exact) mass is 320 g/mol. The van der Waals surface area contributed by atoms with Crippen LogP contribution in [0.5, 0.6) is 11.5 Å². The molecule has 0 unspecified atom stereocenters. The van der Waals surface area contributed by atoms with Crippen LogP contribution in [0.3, 0.4) is 0 Å². The van der Waals surface area contributed by atoms with E-state index in [4.69, 9.17) is 9.47 Å². The highest BCUT2D eigenvalue weighted by Gasteiger charge is 2.12. The van der Waals surface area contributed by atoms with Crippen molar-refractivity contribution in [1.82, 2.24) is 0 Å². The second kappa shape index (κ2) is 7.20. The summed E-state index contributed by atoms with van der Waals surface area (Å²) >= 11 is 0. The first-order chi connectivity index (χ1) is 11.8. The number of aliphatic hydroxyl groups excluding tert-OH is 1. The number of methoxy groups -OCH3 is 2. The average molecular weight is 320 g/mol. The molecule has 0 amide bonds. The highest BCUT2D eigenvalue weighted by atomic mass is 16.5. The molecule has 0 aliphatic rings. The minimum Gasteiger partial charge on any atom is -0.497 e. The number of hydrogen-bond acceptors (Lipinski definition) is 3. The first-order valence-corrected chi connectivity index (χ1v) is 7.78. The Bertz CT molecular complexity index is 805. The summed E-state index contributed by atoms with van der Waals surface area (Å²) in [5, 5.41) is 9.79. The number of benzene rings is 3. The maximum absolute atomic E-state index is 9.79. The molecule has 122 valence electrons. The largest absolute Gasteiger partial charge is 0.497 e. The fraction of sp³-hybridized carbons (Fsp3) is 0.143. The number of ether oxygens (including phenoxy) is 2. The maximum Gasteiger partial charge on any atom is 0.118 e. The Balaban J connectivity index is 2.15. The lowest BCUT2D eigenvalue weighted by atomic mass is 9.90. The molecule has 0 saturated carbocycles. The fourth-order valence-corrected chi connectivity index (χ4v) is 2.84. The quantitative estimate of drug-likeness (QED) is 0.750. The second-order valence-electron chi connectivity index (χ2n) is 5.45. The van der Waals surface area contributed by atoms with E-state index in [1.54, 1.807) is 14.2 Å². The van der Waals surface area contributed by atoms with Gasteiger partial charge in [0.25, 0.3) is 0 Å². The van der Waals surface area contributed by atoms with Crippen molar-refractivity contribution in [2.24, 2.45) is 0 Å². The van der Waals surface area contributed by atoms with Crippen LogP contribution in [0.15, 0.2) is 66.7 Å². The Kier molecular flexibility index (Phi) is 4.82. The van der Waals surface area contributed by atoms with Crippen LogP contribution in [-0.2, 0) is 6.61 Å². The van der Waals surface area contributed by atoms with Crippen LogP contribution in [0.4, 0.5) is 0 Å². The third-order valence-corrected chi connectivity index (χ3v) is 4.10. The Hall–Kier alpha value is -2.78. The van der Waals surface area contributed by atoms with Crippen molar-refractivity contribution in [2.45, 2.75) is 6.61 Å². The van der Waals surface area contributed by atoms with E-state index in [1.807, 2.05) is 60.7 Å². The first-order valence-electron chi connectivity index (χ1n) is 7.78. The molecular weight excluding hydrogens is 300 g/mol. The third kappa shape index (κ3) is 3.12. The van der Waals surface area contributed by atoms with E-state index in [9.17, 15) is 5.11 Å². The van der Waals surface area contributed by atoms with Crippen molar-refractivity contribution < 1.29 is 14.6 Å². The summed E-state index contributed by atoms with van der Waals surface area (Å²) in [7, 11) is 3.31. The van der Waals surface area contributed by atoms with Crippen LogP contribution in [0.2, 0.25) is 0 Å². The normalized spacial score (nSPS) is 10.5. The molecule has 0 spiro atoms. The summed E-state index contributed by atoms with van der Waals surface area (Å²) in [5.74, 6) is 1.63. The summed E-state index contributed by atoms with van der Waals surface area (Å²) in [6, 6.07) is 21.8. The molecule has 0 atom stereocenters. The Morgan fingerprint density at radius 3 is 1.75 bits per heavy atom. The molecule has 0 heterocycles. The van der Waals surface area contributed by atoms with Gasteiger partial charge in [-0.25, -0.2) is 0 Å². The lowest BCUT2D eigenvalue weighted by Gasteiger charge is -2.15. The zero-order valence-electron chi connectivity index (χ0n) is 13.8. The van der Waals surface area contributed by atoms with Crippen molar-refractivity contribution in [2.75, 3.05) is 14.2 Å². The predicted octanol–water partition coefficient (Wildman–Crippen LogP) is 4.53. The van der Waals surface area contributed by atoms with Crippen LogP contribution in [0, 0.1) is 0 Å². The van der Waals surface area contributed by atoms with Gasteiger partial charge in [0.2, 0.25) is 0 Å². The molecule has 24 heavy (non-hydrogen) atoms. The van der Waals surface area contributed by atoms with E-state index in [0.717, 1.165) is 39.3 Å². The smallest absolute Gasteiger partial charge is 0.118 e. The predicted molar refractivity (Wildman–Crippen MR) is 96.3 cm³/mol. The van der Waals surface area contributed by atoms with Gasteiger partial charge in [0.05, 0.1) is 20.8 Å². The zero-order chi connectivity index (χ0) is 16.9. The Morgan fingerprint density at radius 2 is 1.25 bits per heavy atom. The van der Waals surface area contributed by atoms with Gasteiger partial charge in [-0.3, -0.25) is 0 Å². The third-order valence-electron chi connectivity index (χ3n) is 4.10. The Morgan fingerprint density at radius 1 is 0.708 bits per heavy atom. The van der Waals surface area contributed by atoms with Crippen molar-refractivity contribution in [3.05, 3.63) is 72.3 Å². The van der Waals surface area contributed by atoms with Crippen LogP contribution in [-0.4, -0.2) is 19.3 Å². The molecule has 3 heteroatoms. The van der Waals surface area contributed by atoms with Gasteiger partial charge in [-0.05, 0) is 52.1 Å². The number of aliphatic hydroxyl groups is 1. The molecule has 0 bridgehead atoms. The second-order valence-corrected chi connectivity index (χ2v) is 5.45. The Labute approximate surface area is 142 Å². The molecule has 3 aromatic carbocycles. The molecule has 3 nitrogen and oxygen atoms in total. The SMILES string of the molecule is COc1ccc(-c2cccc(CO)c2-c2ccc(OC)cc2)cc1. The van der Waals surface area contributed by atoms with Crippen LogP contribution >= 0.6 is 0 Å². The van der Waals surface area contributed by atoms with Crippen molar-refractivity contribution in [3.8, 4) is 33.8 Å². The molecule has 1 N–H and O–H groups in total. The van der Waals surface area contributed by atoms with Crippen molar-refractivity contribution >= 4 is 0 Å². The van der Waals surface area contributed by atoms with Gasteiger partial charge in [0.15, 0.2) is 0 Å². The molecule has 0 aliphatic heterocycles. The minimum atomic E-state index is -0.00857. The maximum atomic E-state index is 9.79. The van der Waals surface area contributed by atoms with E-state index >= 15 is 0 Å². The lowest BCUT2D eigenvalue weighted by Crippen LogP contribution is -1.94. The van der Waals surface area contributed by atoms with Gasteiger partial charge in [0, 0.05) is 0 Å². The summed E-state index contributed by atoms with van der Waals surface area (Å²) < 4.78 is 10.5. The molecule has 3 aromatic rings. The summed E-state index contributed by atoms with van der Waals surface area (Å²) in [6.07, 6.45) is 0. The van der Waals surface area contributed by atoms with E-state index in [-0.39, 0.29) is 6.61 Å². The molecular formula is C21H20O3. The minimum absolute atomic E-state index is 0.00857. The summed E-state index contributed by atoms with van der Waals surface area (Å²) in [5.41, 5.74) is 5.14.